The minimum atomic E-state index is -0.234. The Morgan fingerprint density at radius 2 is 1.84 bits per heavy atom. The normalized spacial score (nSPS) is 29.7. The van der Waals surface area contributed by atoms with Gasteiger partial charge in [-0.15, -0.1) is 0 Å². The first-order valence-corrected chi connectivity index (χ1v) is 7.09. The number of benzene rings is 1. The highest BCUT2D eigenvalue weighted by Crippen LogP contribution is 2.19. The summed E-state index contributed by atoms with van der Waals surface area (Å²) in [6.45, 7) is 6.14. The molecule has 4 nitrogen and oxygen atoms in total. The van der Waals surface area contributed by atoms with Crippen LogP contribution in [0.4, 0.5) is 0 Å². The van der Waals surface area contributed by atoms with E-state index in [-0.39, 0.29) is 12.1 Å². The monoisotopic (exact) mass is 262 g/mol. The van der Waals surface area contributed by atoms with Crippen molar-refractivity contribution >= 4 is 0 Å². The smallest absolute Gasteiger partial charge is 0.0834 e. The minimum absolute atomic E-state index is 0.234. The molecule has 2 heterocycles. The Bertz CT molecular complexity index is 392. The molecule has 2 fully saturated rings. The molecule has 0 aliphatic carbocycles. The van der Waals surface area contributed by atoms with E-state index in [1.54, 1.807) is 0 Å². The fourth-order valence-corrected chi connectivity index (χ4v) is 3.09. The van der Waals surface area contributed by atoms with Gasteiger partial charge in [0.25, 0.3) is 0 Å². The van der Waals surface area contributed by atoms with Gasteiger partial charge < -0.3 is 9.84 Å². The van der Waals surface area contributed by atoms with Crippen molar-refractivity contribution in [1.82, 2.24) is 9.80 Å². The molecule has 104 valence electrons. The highest BCUT2D eigenvalue weighted by molar-refractivity contribution is 5.15. The van der Waals surface area contributed by atoms with Gasteiger partial charge in [-0.2, -0.15) is 0 Å². The van der Waals surface area contributed by atoms with Gasteiger partial charge in [0.15, 0.2) is 0 Å². The first kappa shape index (κ1) is 13.1. The van der Waals surface area contributed by atoms with Gasteiger partial charge >= 0.3 is 0 Å². The van der Waals surface area contributed by atoms with Crippen molar-refractivity contribution in [3.8, 4) is 0 Å². The van der Waals surface area contributed by atoms with E-state index >= 15 is 0 Å². The standard InChI is InChI=1S/C15H22N2O2/c18-15-12-16(10-13-4-2-1-3-5-13)11-14(15)17-6-8-19-9-7-17/h1-5,14-15,18H,6-12H2/t14-,15-/m1/s1. The Morgan fingerprint density at radius 1 is 1.11 bits per heavy atom. The van der Waals surface area contributed by atoms with E-state index in [2.05, 4.69) is 34.1 Å². The molecule has 0 aromatic heterocycles. The number of β-amino-alcohol motifs (C(OH)–C–C–N with tert-alkyl or cyclic N) is 1. The van der Waals surface area contributed by atoms with E-state index in [1.165, 1.54) is 5.56 Å². The van der Waals surface area contributed by atoms with Crippen molar-refractivity contribution in [2.24, 2.45) is 0 Å². The zero-order chi connectivity index (χ0) is 13.1. The largest absolute Gasteiger partial charge is 0.390 e. The molecule has 1 N–H and O–H groups in total. The molecular weight excluding hydrogens is 240 g/mol. The summed E-state index contributed by atoms with van der Waals surface area (Å²) in [7, 11) is 0. The van der Waals surface area contributed by atoms with Crippen LogP contribution in [0, 0.1) is 0 Å². The van der Waals surface area contributed by atoms with Crippen LogP contribution in [0.2, 0.25) is 0 Å². The molecule has 19 heavy (non-hydrogen) atoms. The zero-order valence-corrected chi connectivity index (χ0v) is 11.2. The third-order valence-electron chi connectivity index (χ3n) is 4.10. The summed E-state index contributed by atoms with van der Waals surface area (Å²) in [6, 6.07) is 10.7. The van der Waals surface area contributed by atoms with Crippen LogP contribution in [0.15, 0.2) is 30.3 Å². The number of hydrogen-bond donors (Lipinski definition) is 1. The van der Waals surface area contributed by atoms with Crippen molar-refractivity contribution < 1.29 is 9.84 Å². The molecule has 1 aromatic carbocycles. The van der Waals surface area contributed by atoms with E-state index < -0.39 is 0 Å². The van der Waals surface area contributed by atoms with Crippen LogP contribution in [0.3, 0.4) is 0 Å². The predicted octanol–water partition coefficient (Wildman–Crippen LogP) is 0.564. The first-order chi connectivity index (χ1) is 9.33. The average molecular weight is 262 g/mol. The molecule has 2 aliphatic rings. The first-order valence-electron chi connectivity index (χ1n) is 7.09. The SMILES string of the molecule is O[C@@H]1CN(Cc2ccccc2)C[C@H]1N1CCOCC1. The Labute approximate surface area is 114 Å². The van der Waals surface area contributed by atoms with Crippen LogP contribution >= 0.6 is 0 Å². The minimum Gasteiger partial charge on any atom is -0.390 e. The summed E-state index contributed by atoms with van der Waals surface area (Å²) in [5.74, 6) is 0. The van der Waals surface area contributed by atoms with Gasteiger partial charge in [0.05, 0.1) is 19.3 Å². The Kier molecular flexibility index (Phi) is 4.13. The number of ether oxygens (including phenoxy) is 1. The number of aliphatic hydroxyl groups excluding tert-OH is 1. The zero-order valence-electron chi connectivity index (χ0n) is 11.2. The third kappa shape index (κ3) is 3.15. The molecule has 0 amide bonds. The number of hydrogen-bond acceptors (Lipinski definition) is 4. The molecule has 0 radical (unpaired) electrons. The van der Waals surface area contributed by atoms with E-state index in [4.69, 9.17) is 4.74 Å². The second-order valence-corrected chi connectivity index (χ2v) is 5.46. The van der Waals surface area contributed by atoms with E-state index in [0.29, 0.717) is 0 Å². The van der Waals surface area contributed by atoms with Gasteiger partial charge in [-0.25, -0.2) is 0 Å². The lowest BCUT2D eigenvalue weighted by atomic mass is 10.1. The van der Waals surface area contributed by atoms with Crippen molar-refractivity contribution in [2.75, 3.05) is 39.4 Å². The fourth-order valence-electron chi connectivity index (χ4n) is 3.09. The number of likely N-dealkylation sites (tertiary alicyclic amines) is 1. The summed E-state index contributed by atoms with van der Waals surface area (Å²) in [5.41, 5.74) is 1.32. The predicted molar refractivity (Wildman–Crippen MR) is 73.9 cm³/mol. The maximum absolute atomic E-state index is 10.3. The van der Waals surface area contributed by atoms with Gasteiger partial charge in [-0.05, 0) is 5.56 Å². The highest BCUT2D eigenvalue weighted by Gasteiger charge is 2.35. The number of rotatable bonds is 3. The van der Waals surface area contributed by atoms with Gasteiger partial charge in [-0.1, -0.05) is 30.3 Å². The van der Waals surface area contributed by atoms with Crippen molar-refractivity contribution in [3.05, 3.63) is 35.9 Å². The van der Waals surface area contributed by atoms with Crippen molar-refractivity contribution in [3.63, 3.8) is 0 Å². The van der Waals surface area contributed by atoms with E-state index in [1.807, 2.05) is 6.07 Å². The molecule has 3 rings (SSSR count). The number of nitrogens with zero attached hydrogens (tertiary/aromatic N) is 2. The topological polar surface area (TPSA) is 35.9 Å². The Hall–Kier alpha value is -0.940. The van der Waals surface area contributed by atoms with Crippen LogP contribution in [0.5, 0.6) is 0 Å². The Morgan fingerprint density at radius 3 is 2.58 bits per heavy atom. The molecular formula is C15H22N2O2. The highest BCUT2D eigenvalue weighted by atomic mass is 16.5. The maximum Gasteiger partial charge on any atom is 0.0834 e. The summed E-state index contributed by atoms with van der Waals surface area (Å²) >= 11 is 0. The molecule has 2 atom stereocenters. The third-order valence-corrected chi connectivity index (χ3v) is 4.10. The number of aliphatic hydroxyl groups is 1. The molecule has 1 aromatic rings. The quantitative estimate of drug-likeness (QED) is 0.863. The van der Waals surface area contributed by atoms with Crippen molar-refractivity contribution in [1.29, 1.82) is 0 Å². The number of morpholine rings is 1. The van der Waals surface area contributed by atoms with E-state index in [9.17, 15) is 5.11 Å². The van der Waals surface area contributed by atoms with Crippen LogP contribution in [0.25, 0.3) is 0 Å². The second kappa shape index (κ2) is 6.01. The summed E-state index contributed by atoms with van der Waals surface area (Å²) in [4.78, 5) is 4.72. The van der Waals surface area contributed by atoms with Crippen LogP contribution in [-0.2, 0) is 11.3 Å². The van der Waals surface area contributed by atoms with E-state index in [0.717, 1.165) is 45.9 Å². The summed E-state index contributed by atoms with van der Waals surface area (Å²) < 4.78 is 5.38. The van der Waals surface area contributed by atoms with Crippen LogP contribution in [0.1, 0.15) is 5.56 Å². The average Bonchev–Trinajstić information content (AvgIpc) is 2.82. The van der Waals surface area contributed by atoms with Crippen molar-refractivity contribution in [2.45, 2.75) is 18.7 Å². The molecule has 4 heteroatoms. The van der Waals surface area contributed by atoms with Gasteiger partial charge in [-0.3, -0.25) is 9.80 Å². The second-order valence-electron chi connectivity index (χ2n) is 5.46. The lowest BCUT2D eigenvalue weighted by molar-refractivity contribution is -0.00618. The van der Waals surface area contributed by atoms with Crippen LogP contribution in [-0.4, -0.2) is 66.4 Å². The van der Waals surface area contributed by atoms with Gasteiger partial charge in [0.2, 0.25) is 0 Å². The van der Waals surface area contributed by atoms with Gasteiger partial charge in [0.1, 0.15) is 0 Å². The fraction of sp³-hybridized carbons (Fsp3) is 0.600. The molecule has 0 bridgehead atoms. The summed E-state index contributed by atoms with van der Waals surface area (Å²) in [5, 5.41) is 10.3. The molecule has 2 aliphatic heterocycles. The van der Waals surface area contributed by atoms with Gasteiger partial charge in [0, 0.05) is 38.8 Å². The lowest BCUT2D eigenvalue weighted by Crippen LogP contribution is -2.48. The van der Waals surface area contributed by atoms with Crippen LogP contribution < -0.4 is 0 Å². The maximum atomic E-state index is 10.3. The molecule has 0 unspecified atom stereocenters. The molecule has 2 saturated heterocycles. The molecule has 0 spiro atoms. The summed E-state index contributed by atoms with van der Waals surface area (Å²) in [6.07, 6.45) is -0.234. The molecule has 0 saturated carbocycles. The lowest BCUT2D eigenvalue weighted by Gasteiger charge is -2.33. The Balaban J connectivity index is 1.58.